The van der Waals surface area contributed by atoms with Crippen molar-refractivity contribution in [3.05, 3.63) is 206 Å². The summed E-state index contributed by atoms with van der Waals surface area (Å²) in [5.41, 5.74) is 17.9. The van der Waals surface area contributed by atoms with Gasteiger partial charge in [-0.1, -0.05) is 187 Å². The quantitative estimate of drug-likeness (QED) is 0.161. The Kier molecular flexibility index (Phi) is 9.60. The largest absolute Gasteiger partial charge is 0.296 e. The van der Waals surface area contributed by atoms with E-state index in [2.05, 4.69) is 245 Å². The molecule has 4 heteroatoms. The van der Waals surface area contributed by atoms with E-state index in [1.54, 1.807) is 0 Å². The van der Waals surface area contributed by atoms with Gasteiger partial charge in [0.1, 0.15) is 11.6 Å². The third-order valence-corrected chi connectivity index (χ3v) is 11.9. The van der Waals surface area contributed by atoms with Gasteiger partial charge in [0, 0.05) is 22.2 Å². The van der Waals surface area contributed by atoms with E-state index in [9.17, 15) is 0 Å². The second-order valence-electron chi connectivity index (χ2n) is 18.3. The number of nitrogens with zero attached hydrogens (tertiary/aromatic N) is 4. The number of fused-ring (bicyclic) bond motifs is 2. The average molecular weight is 803 g/mol. The summed E-state index contributed by atoms with van der Waals surface area (Å²) in [4.78, 5) is 10.3. The maximum Gasteiger partial charge on any atom is 0.119 e. The first-order chi connectivity index (χ1) is 30.0. The summed E-state index contributed by atoms with van der Waals surface area (Å²) >= 11 is 0. The zero-order chi connectivity index (χ0) is 42.6. The molecule has 0 aliphatic heterocycles. The smallest absolute Gasteiger partial charge is 0.119 e. The van der Waals surface area contributed by atoms with Crippen LogP contribution < -0.4 is 0 Å². The van der Waals surface area contributed by atoms with Gasteiger partial charge in [-0.05, 0) is 104 Å². The lowest BCUT2D eigenvalue weighted by Crippen LogP contribution is -2.18. The lowest BCUT2D eigenvalue weighted by molar-refractivity contribution is 0.539. The average Bonchev–Trinajstić information content (AvgIpc) is 3.90. The van der Waals surface area contributed by atoms with Crippen LogP contribution in [0.2, 0.25) is 0 Å². The molecule has 10 aromatic rings. The highest BCUT2D eigenvalue weighted by molar-refractivity contribution is 5.98. The van der Waals surface area contributed by atoms with Crippen molar-refractivity contribution in [1.82, 2.24) is 19.1 Å². The minimum absolute atomic E-state index is 0.147. The van der Waals surface area contributed by atoms with Crippen LogP contribution in [0.25, 0.3) is 89.1 Å². The van der Waals surface area contributed by atoms with Crippen molar-refractivity contribution in [3.63, 3.8) is 0 Å². The molecule has 0 bridgehead atoms. The number of hydrogen-bond donors (Lipinski definition) is 0. The molecule has 0 spiro atoms. The van der Waals surface area contributed by atoms with Gasteiger partial charge in [-0.25, -0.2) is 9.97 Å². The minimum atomic E-state index is -0.147. The van der Waals surface area contributed by atoms with E-state index in [4.69, 9.17) is 9.97 Å². The molecule has 2 heterocycles. The number of rotatable bonds is 7. The van der Waals surface area contributed by atoms with Gasteiger partial charge in [0.25, 0.3) is 0 Å². The lowest BCUT2D eigenvalue weighted by atomic mass is 9.85. The number of benzene rings is 8. The number of imidazole rings is 2. The van der Waals surface area contributed by atoms with Crippen molar-refractivity contribution in [2.75, 3.05) is 0 Å². The van der Waals surface area contributed by atoms with Crippen LogP contribution in [0.3, 0.4) is 0 Å². The van der Waals surface area contributed by atoms with Gasteiger partial charge in [-0.15, -0.1) is 0 Å². The zero-order valence-corrected chi connectivity index (χ0v) is 36.3. The van der Waals surface area contributed by atoms with Crippen molar-refractivity contribution in [2.24, 2.45) is 0 Å². The van der Waals surface area contributed by atoms with Crippen LogP contribution in [0.15, 0.2) is 194 Å². The fourth-order valence-electron chi connectivity index (χ4n) is 9.05. The van der Waals surface area contributed by atoms with Crippen LogP contribution in [-0.4, -0.2) is 19.1 Å². The summed E-state index contributed by atoms with van der Waals surface area (Å²) in [5, 5.41) is 0. The van der Waals surface area contributed by atoms with E-state index < -0.39 is 0 Å². The van der Waals surface area contributed by atoms with E-state index in [1.807, 2.05) is 0 Å². The Morgan fingerprint density at radius 2 is 0.597 bits per heavy atom. The first-order valence-electron chi connectivity index (χ1n) is 21.6. The molecule has 0 atom stereocenters. The van der Waals surface area contributed by atoms with Crippen LogP contribution in [0.5, 0.6) is 0 Å². The van der Waals surface area contributed by atoms with Gasteiger partial charge in [-0.3, -0.25) is 9.13 Å². The predicted octanol–water partition coefficient (Wildman–Crippen LogP) is 15.3. The summed E-state index contributed by atoms with van der Waals surface area (Å²) in [6, 6.07) is 70.1. The van der Waals surface area contributed by atoms with Crippen molar-refractivity contribution in [1.29, 1.82) is 0 Å². The van der Waals surface area contributed by atoms with Gasteiger partial charge in [-0.2, -0.15) is 0 Å². The van der Waals surface area contributed by atoms with Crippen LogP contribution in [0.1, 0.15) is 53.2 Å². The van der Waals surface area contributed by atoms with Gasteiger partial charge >= 0.3 is 0 Å². The van der Waals surface area contributed by atoms with Crippen LogP contribution in [0.4, 0.5) is 0 Å². The van der Waals surface area contributed by atoms with E-state index in [0.717, 1.165) is 56.2 Å². The number of hydrogen-bond acceptors (Lipinski definition) is 2. The summed E-state index contributed by atoms with van der Waals surface area (Å²) in [5.74, 6) is 2.09. The van der Waals surface area contributed by atoms with Crippen molar-refractivity contribution in [3.8, 4) is 67.0 Å². The lowest BCUT2D eigenvalue weighted by Gasteiger charge is -2.21. The van der Waals surface area contributed by atoms with Gasteiger partial charge in [0.05, 0.1) is 22.1 Å². The molecule has 302 valence electrons. The Morgan fingerprint density at radius 1 is 0.306 bits per heavy atom. The molecule has 0 aliphatic carbocycles. The van der Waals surface area contributed by atoms with Gasteiger partial charge < -0.3 is 0 Å². The highest BCUT2D eigenvalue weighted by atomic mass is 15.1. The highest BCUT2D eigenvalue weighted by Crippen LogP contribution is 2.44. The number of aromatic nitrogens is 4. The summed E-state index contributed by atoms with van der Waals surface area (Å²) in [6.07, 6.45) is 0. The molecular weight excluding hydrogens is 753 g/mol. The second-order valence-corrected chi connectivity index (χ2v) is 18.3. The Balaban J connectivity index is 1.09. The topological polar surface area (TPSA) is 35.6 Å². The molecule has 10 rings (SSSR count). The molecule has 0 amide bonds. The molecule has 0 aliphatic rings. The van der Waals surface area contributed by atoms with E-state index >= 15 is 0 Å². The van der Waals surface area contributed by atoms with Crippen LogP contribution in [0, 0.1) is 0 Å². The summed E-state index contributed by atoms with van der Waals surface area (Å²) in [6.45, 7) is 13.4. The molecule has 0 saturated carbocycles. The molecule has 0 unspecified atom stereocenters. The maximum absolute atomic E-state index is 5.13. The Hall–Kier alpha value is -7.30. The molecule has 0 radical (unpaired) electrons. The van der Waals surface area contributed by atoms with E-state index in [1.165, 1.54) is 44.5 Å². The third-order valence-electron chi connectivity index (χ3n) is 11.9. The monoisotopic (exact) mass is 802 g/mol. The molecule has 0 N–H and O–H groups in total. The summed E-state index contributed by atoms with van der Waals surface area (Å²) in [7, 11) is 0. The van der Waals surface area contributed by atoms with Crippen molar-refractivity contribution < 1.29 is 0 Å². The fourth-order valence-corrected chi connectivity index (χ4v) is 9.05. The zero-order valence-electron chi connectivity index (χ0n) is 36.3. The molecular formula is C58H50N4. The first-order valence-corrected chi connectivity index (χ1v) is 21.6. The Bertz CT molecular complexity index is 3050. The molecule has 2 aromatic heterocycles. The van der Waals surface area contributed by atoms with E-state index in [-0.39, 0.29) is 10.8 Å². The third kappa shape index (κ3) is 6.92. The van der Waals surface area contributed by atoms with Crippen LogP contribution in [-0.2, 0) is 10.8 Å². The standard InChI is InChI=1S/C58H50N4/c1-57(2,3)55-59-51-33-15-17-35-53(51)61(55)41-23-19-21-39(37-41)43-25-7-9-27-45(43)47-29-11-13-31-49(47)50-32-14-12-30-48(50)46-28-10-8-26-44(46)40-22-20-24-42(38-40)62-54-36-18-16-34-52(54)60-56(62)58(4,5)6/h7-38H,1-6H3. The molecule has 0 fully saturated rings. The fraction of sp³-hybridized carbons (Fsp3) is 0.138. The van der Waals surface area contributed by atoms with Crippen molar-refractivity contribution in [2.45, 2.75) is 52.4 Å². The first kappa shape index (κ1) is 38.9. The highest BCUT2D eigenvalue weighted by Gasteiger charge is 2.26. The van der Waals surface area contributed by atoms with Gasteiger partial charge in [0.2, 0.25) is 0 Å². The summed E-state index contributed by atoms with van der Waals surface area (Å²) < 4.78 is 4.67. The molecule has 4 nitrogen and oxygen atoms in total. The maximum atomic E-state index is 5.13. The second kappa shape index (κ2) is 15.3. The van der Waals surface area contributed by atoms with Crippen molar-refractivity contribution >= 4 is 22.1 Å². The molecule has 0 saturated heterocycles. The SMILES string of the molecule is CC(C)(C)c1nc2ccccc2n1-c1cccc(-c2ccccc2-c2ccccc2-c2ccccc2-c2ccccc2-c2cccc(-n3c(C(C)(C)C)nc4ccccc43)c2)c1. The number of para-hydroxylation sites is 4. The predicted molar refractivity (Wildman–Crippen MR) is 260 cm³/mol. The normalized spacial score (nSPS) is 12.0. The Morgan fingerprint density at radius 3 is 0.935 bits per heavy atom. The van der Waals surface area contributed by atoms with Gasteiger partial charge in [0.15, 0.2) is 0 Å². The molecule has 8 aromatic carbocycles. The van der Waals surface area contributed by atoms with Crippen LogP contribution >= 0.6 is 0 Å². The van der Waals surface area contributed by atoms with E-state index in [0.29, 0.717) is 0 Å². The minimum Gasteiger partial charge on any atom is -0.296 e. The Labute approximate surface area is 364 Å². The molecule has 62 heavy (non-hydrogen) atoms.